The molecule has 1 aromatic rings. The Labute approximate surface area is 171 Å². The fraction of sp³-hybridized carbons (Fsp3) is 0.500. The Morgan fingerprint density at radius 2 is 1.80 bits per heavy atom. The van der Waals surface area contributed by atoms with Gasteiger partial charge in [0, 0.05) is 5.57 Å². The zero-order valence-corrected chi connectivity index (χ0v) is 16.3. The highest BCUT2D eigenvalue weighted by Crippen LogP contribution is 2.28. The molecule has 0 aromatic heterocycles. The van der Waals surface area contributed by atoms with Crippen LogP contribution in [0.15, 0.2) is 36.4 Å². The average Bonchev–Trinajstić information content (AvgIpc) is 2.66. The lowest BCUT2D eigenvalue weighted by molar-refractivity contribution is -0.274. The maximum Gasteiger partial charge on any atom is 0.573 e. The van der Waals surface area contributed by atoms with Gasteiger partial charge in [-0.15, -0.1) is 13.2 Å². The summed E-state index contributed by atoms with van der Waals surface area (Å²) >= 11 is 0. The van der Waals surface area contributed by atoms with Gasteiger partial charge in [-0.05, 0) is 56.4 Å². The van der Waals surface area contributed by atoms with E-state index in [1.807, 2.05) is 0 Å². The second-order valence-corrected chi connectivity index (χ2v) is 6.96. The monoisotopic (exact) mass is 432 g/mol. The zero-order valence-electron chi connectivity index (χ0n) is 16.3. The molecule has 0 saturated heterocycles. The van der Waals surface area contributed by atoms with E-state index in [2.05, 4.69) is 11.3 Å². The van der Waals surface area contributed by atoms with Crippen LogP contribution in [0.4, 0.5) is 13.2 Å². The molecule has 2 rings (SSSR count). The SMILES string of the molecule is C=C(C)C(=O)OCC1CCC(OC(=O)COc2ccc(OC(F)(F)F)cc2)C(O)C1. The molecule has 1 aromatic carbocycles. The number of esters is 2. The Balaban J connectivity index is 1.72. The van der Waals surface area contributed by atoms with E-state index in [0.717, 1.165) is 12.1 Å². The maximum absolute atomic E-state index is 12.1. The van der Waals surface area contributed by atoms with Crippen LogP contribution < -0.4 is 9.47 Å². The smallest absolute Gasteiger partial charge is 0.482 e. The van der Waals surface area contributed by atoms with E-state index in [9.17, 15) is 27.9 Å². The number of benzene rings is 1. The summed E-state index contributed by atoms with van der Waals surface area (Å²) in [5, 5.41) is 10.2. The Kier molecular flexibility index (Phi) is 8.10. The first-order valence-corrected chi connectivity index (χ1v) is 9.22. The molecule has 0 heterocycles. The van der Waals surface area contributed by atoms with Crippen molar-refractivity contribution >= 4 is 11.9 Å². The summed E-state index contributed by atoms with van der Waals surface area (Å²) in [6.07, 6.45) is -5.11. The summed E-state index contributed by atoms with van der Waals surface area (Å²) in [7, 11) is 0. The van der Waals surface area contributed by atoms with Gasteiger partial charge in [0.25, 0.3) is 0 Å². The van der Waals surface area contributed by atoms with E-state index >= 15 is 0 Å². The number of hydrogen-bond donors (Lipinski definition) is 1. The molecule has 1 saturated carbocycles. The molecule has 1 aliphatic carbocycles. The predicted octanol–water partition coefficient (Wildman–Crippen LogP) is 3.16. The van der Waals surface area contributed by atoms with Gasteiger partial charge in [-0.1, -0.05) is 6.58 Å². The van der Waals surface area contributed by atoms with Crippen LogP contribution in [0.25, 0.3) is 0 Å². The minimum absolute atomic E-state index is 0.0491. The topological polar surface area (TPSA) is 91.3 Å². The van der Waals surface area contributed by atoms with Crippen molar-refractivity contribution in [1.29, 1.82) is 0 Å². The standard InChI is InChI=1S/C20H23F3O7/c1-12(2)19(26)28-10-13-3-8-17(16(24)9-13)29-18(25)11-27-14-4-6-15(7-5-14)30-20(21,22)23/h4-7,13,16-17,24H,1,3,8-11H2,2H3. The molecular formula is C20H23F3O7. The molecule has 10 heteroatoms. The highest BCUT2D eigenvalue weighted by Gasteiger charge is 2.33. The van der Waals surface area contributed by atoms with Crippen molar-refractivity contribution in [3.63, 3.8) is 0 Å². The highest BCUT2D eigenvalue weighted by molar-refractivity contribution is 5.86. The summed E-state index contributed by atoms with van der Waals surface area (Å²) < 4.78 is 55.6. The van der Waals surface area contributed by atoms with Crippen LogP contribution in [0, 0.1) is 5.92 Å². The Hall–Kier alpha value is -2.75. The number of aliphatic hydroxyl groups excluding tert-OH is 1. The number of hydrogen-bond acceptors (Lipinski definition) is 7. The number of aliphatic hydroxyl groups is 1. The zero-order chi connectivity index (χ0) is 22.3. The van der Waals surface area contributed by atoms with Gasteiger partial charge in [0.2, 0.25) is 0 Å². The summed E-state index contributed by atoms with van der Waals surface area (Å²) in [6.45, 7) is 4.72. The number of rotatable bonds is 8. The van der Waals surface area contributed by atoms with Crippen LogP contribution in [-0.4, -0.2) is 48.8 Å². The Morgan fingerprint density at radius 3 is 2.37 bits per heavy atom. The quantitative estimate of drug-likeness (QED) is 0.498. The Bertz CT molecular complexity index is 746. The van der Waals surface area contributed by atoms with Crippen molar-refractivity contribution in [2.45, 2.75) is 44.8 Å². The van der Waals surface area contributed by atoms with Crippen molar-refractivity contribution in [2.24, 2.45) is 5.92 Å². The number of carbonyl (C=O) groups excluding carboxylic acids is 2. The summed E-state index contributed by atoms with van der Waals surface area (Å²) in [5.74, 6) is -1.52. The van der Waals surface area contributed by atoms with Crippen molar-refractivity contribution < 1.29 is 46.8 Å². The third-order valence-corrected chi connectivity index (χ3v) is 4.36. The van der Waals surface area contributed by atoms with E-state index in [0.29, 0.717) is 24.8 Å². The lowest BCUT2D eigenvalue weighted by Gasteiger charge is -2.32. The molecule has 30 heavy (non-hydrogen) atoms. The molecule has 0 amide bonds. The van der Waals surface area contributed by atoms with Gasteiger partial charge >= 0.3 is 18.3 Å². The van der Waals surface area contributed by atoms with E-state index in [1.165, 1.54) is 12.1 Å². The van der Waals surface area contributed by atoms with Crippen LogP contribution in [0.3, 0.4) is 0 Å². The number of halogens is 3. The predicted molar refractivity (Wildman–Crippen MR) is 97.6 cm³/mol. The van der Waals surface area contributed by atoms with Gasteiger partial charge in [-0.25, -0.2) is 9.59 Å². The normalized spacial score (nSPS) is 21.4. The molecule has 0 radical (unpaired) electrons. The molecule has 166 valence electrons. The van der Waals surface area contributed by atoms with Gasteiger partial charge in [-0.3, -0.25) is 0 Å². The lowest BCUT2D eigenvalue weighted by Crippen LogP contribution is -2.39. The van der Waals surface area contributed by atoms with E-state index in [-0.39, 0.29) is 18.3 Å². The second-order valence-electron chi connectivity index (χ2n) is 6.96. The van der Waals surface area contributed by atoms with E-state index in [4.69, 9.17) is 14.2 Å². The van der Waals surface area contributed by atoms with Crippen molar-refractivity contribution in [3.05, 3.63) is 36.4 Å². The van der Waals surface area contributed by atoms with Crippen LogP contribution in [-0.2, 0) is 19.1 Å². The maximum atomic E-state index is 12.1. The minimum Gasteiger partial charge on any atom is -0.482 e. The number of ether oxygens (including phenoxy) is 4. The van der Waals surface area contributed by atoms with Gasteiger partial charge in [-0.2, -0.15) is 0 Å². The third-order valence-electron chi connectivity index (χ3n) is 4.36. The molecule has 0 aliphatic heterocycles. The fourth-order valence-electron chi connectivity index (χ4n) is 2.89. The van der Waals surface area contributed by atoms with Gasteiger partial charge in [0.1, 0.15) is 17.6 Å². The molecule has 1 aliphatic rings. The molecule has 3 unspecified atom stereocenters. The Morgan fingerprint density at radius 1 is 1.17 bits per heavy atom. The van der Waals surface area contributed by atoms with Crippen molar-refractivity contribution in [1.82, 2.24) is 0 Å². The number of alkyl halides is 3. The third kappa shape index (κ3) is 7.94. The lowest BCUT2D eigenvalue weighted by atomic mass is 9.86. The van der Waals surface area contributed by atoms with Crippen LogP contribution >= 0.6 is 0 Å². The molecule has 1 fully saturated rings. The van der Waals surface area contributed by atoms with Crippen molar-refractivity contribution in [3.8, 4) is 11.5 Å². The first-order valence-electron chi connectivity index (χ1n) is 9.22. The highest BCUT2D eigenvalue weighted by atomic mass is 19.4. The molecular weight excluding hydrogens is 409 g/mol. The van der Waals surface area contributed by atoms with Crippen LogP contribution in [0.2, 0.25) is 0 Å². The van der Waals surface area contributed by atoms with Gasteiger partial charge in [0.05, 0.1) is 12.7 Å². The molecule has 0 spiro atoms. The largest absolute Gasteiger partial charge is 0.573 e. The molecule has 0 bridgehead atoms. The molecule has 1 N–H and O–H groups in total. The second kappa shape index (κ2) is 10.3. The summed E-state index contributed by atoms with van der Waals surface area (Å²) in [6, 6.07) is 4.56. The van der Waals surface area contributed by atoms with Crippen LogP contribution in [0.5, 0.6) is 11.5 Å². The number of carbonyl (C=O) groups is 2. The molecule has 7 nitrogen and oxygen atoms in total. The summed E-state index contributed by atoms with van der Waals surface area (Å²) in [4.78, 5) is 23.4. The first-order chi connectivity index (χ1) is 14.0. The van der Waals surface area contributed by atoms with Crippen LogP contribution in [0.1, 0.15) is 26.2 Å². The fourth-order valence-corrected chi connectivity index (χ4v) is 2.89. The van der Waals surface area contributed by atoms with Gasteiger partial charge < -0.3 is 24.1 Å². The van der Waals surface area contributed by atoms with E-state index < -0.39 is 42.9 Å². The average molecular weight is 432 g/mol. The van der Waals surface area contributed by atoms with Crippen molar-refractivity contribution in [2.75, 3.05) is 13.2 Å². The summed E-state index contributed by atoms with van der Waals surface area (Å²) in [5.41, 5.74) is 0.292. The molecule has 3 atom stereocenters. The first kappa shape index (κ1) is 23.5. The van der Waals surface area contributed by atoms with E-state index in [1.54, 1.807) is 6.92 Å². The van der Waals surface area contributed by atoms with Gasteiger partial charge in [0.15, 0.2) is 6.61 Å². The minimum atomic E-state index is -4.79.